The van der Waals surface area contributed by atoms with Crippen molar-refractivity contribution in [2.24, 2.45) is 0 Å². The lowest BCUT2D eigenvalue weighted by atomic mass is 10.1. The Balaban J connectivity index is 2.07. The van der Waals surface area contributed by atoms with Crippen LogP contribution in [-0.4, -0.2) is 63.4 Å². The third-order valence-corrected chi connectivity index (χ3v) is 7.45. The van der Waals surface area contributed by atoms with E-state index >= 15 is 0 Å². The van der Waals surface area contributed by atoms with Gasteiger partial charge in [0, 0.05) is 6.42 Å². The molecular formula is C20H34N4O4Si. The van der Waals surface area contributed by atoms with Gasteiger partial charge in [-0.25, -0.2) is 9.97 Å². The van der Waals surface area contributed by atoms with Crippen LogP contribution in [0.1, 0.15) is 48.0 Å². The average Bonchev–Trinajstić information content (AvgIpc) is 3.14. The zero-order valence-electron chi connectivity index (χ0n) is 18.8. The SMILES string of the molecule is C[SiH](C)[C@@]1(n2cnc3c(O)ncnc32)O[C@H](COC(C)(C)C)C[C@H]1OC(C)(C)C. The molecule has 1 fully saturated rings. The summed E-state index contributed by atoms with van der Waals surface area (Å²) in [7, 11) is -1.55. The molecule has 8 nitrogen and oxygen atoms in total. The van der Waals surface area contributed by atoms with Gasteiger partial charge < -0.3 is 19.3 Å². The van der Waals surface area contributed by atoms with Gasteiger partial charge in [0.2, 0.25) is 5.88 Å². The Morgan fingerprint density at radius 2 is 1.86 bits per heavy atom. The maximum Gasteiger partial charge on any atom is 0.242 e. The van der Waals surface area contributed by atoms with Gasteiger partial charge in [-0.1, -0.05) is 13.1 Å². The van der Waals surface area contributed by atoms with Gasteiger partial charge in [0.05, 0.1) is 39.0 Å². The second kappa shape index (κ2) is 7.61. The highest BCUT2D eigenvalue weighted by molar-refractivity contribution is 6.58. The minimum atomic E-state index is -1.55. The Kier molecular flexibility index (Phi) is 5.81. The Morgan fingerprint density at radius 3 is 2.45 bits per heavy atom. The number of hydrogen-bond acceptors (Lipinski definition) is 7. The summed E-state index contributed by atoms with van der Waals surface area (Å²) < 4.78 is 21.3. The lowest BCUT2D eigenvalue weighted by Gasteiger charge is -2.41. The van der Waals surface area contributed by atoms with E-state index in [9.17, 15) is 5.11 Å². The quantitative estimate of drug-likeness (QED) is 0.741. The molecular weight excluding hydrogens is 388 g/mol. The van der Waals surface area contributed by atoms with Crippen LogP contribution in [0.25, 0.3) is 11.2 Å². The zero-order chi connectivity index (χ0) is 21.6. The first-order chi connectivity index (χ1) is 13.3. The van der Waals surface area contributed by atoms with Crippen LogP contribution in [-0.2, 0) is 19.6 Å². The molecule has 0 aromatic carbocycles. The number of aromatic nitrogens is 4. The molecule has 29 heavy (non-hydrogen) atoms. The molecule has 3 rings (SSSR count). The molecule has 1 aliphatic rings. The predicted molar refractivity (Wildman–Crippen MR) is 114 cm³/mol. The molecule has 0 unspecified atom stereocenters. The van der Waals surface area contributed by atoms with Crippen molar-refractivity contribution in [3.63, 3.8) is 0 Å². The highest BCUT2D eigenvalue weighted by atomic mass is 28.3. The molecule has 9 heteroatoms. The fraction of sp³-hybridized carbons (Fsp3) is 0.750. The predicted octanol–water partition coefficient (Wildman–Crippen LogP) is 3.00. The summed E-state index contributed by atoms with van der Waals surface area (Å²) in [4.78, 5) is 12.6. The maximum atomic E-state index is 10.1. The largest absolute Gasteiger partial charge is 0.492 e. The van der Waals surface area contributed by atoms with E-state index in [1.54, 1.807) is 6.33 Å². The number of rotatable bonds is 5. The van der Waals surface area contributed by atoms with E-state index in [1.165, 1.54) is 6.33 Å². The van der Waals surface area contributed by atoms with Crippen molar-refractivity contribution >= 4 is 20.0 Å². The lowest BCUT2D eigenvalue weighted by molar-refractivity contribution is -0.150. The van der Waals surface area contributed by atoms with Gasteiger partial charge >= 0.3 is 0 Å². The Hall–Kier alpha value is -1.55. The first kappa shape index (κ1) is 22.1. The van der Waals surface area contributed by atoms with Gasteiger partial charge in [0.15, 0.2) is 16.5 Å². The molecule has 0 amide bonds. The summed E-state index contributed by atoms with van der Waals surface area (Å²) in [5.74, 6) is -0.131. The van der Waals surface area contributed by atoms with Crippen LogP contribution in [0, 0.1) is 0 Å². The summed E-state index contributed by atoms with van der Waals surface area (Å²) in [5, 5.41) is 9.42. The monoisotopic (exact) mass is 422 g/mol. The first-order valence-electron chi connectivity index (χ1n) is 10.2. The molecule has 3 atom stereocenters. The summed E-state index contributed by atoms with van der Waals surface area (Å²) in [6, 6.07) is 0. The molecule has 0 bridgehead atoms. The van der Waals surface area contributed by atoms with Crippen LogP contribution in [0.4, 0.5) is 0 Å². The van der Waals surface area contributed by atoms with Crippen molar-refractivity contribution in [2.45, 2.75) is 89.8 Å². The fourth-order valence-corrected chi connectivity index (χ4v) is 6.04. The van der Waals surface area contributed by atoms with Gasteiger partial charge in [0.1, 0.15) is 12.4 Å². The van der Waals surface area contributed by atoms with E-state index < -0.39 is 14.1 Å². The molecule has 0 saturated carbocycles. The third kappa shape index (κ3) is 4.47. The van der Waals surface area contributed by atoms with E-state index in [4.69, 9.17) is 14.2 Å². The number of ether oxygens (including phenoxy) is 3. The second-order valence-electron chi connectivity index (χ2n) is 10.0. The summed E-state index contributed by atoms with van der Waals surface area (Å²) in [6.45, 7) is 17.2. The smallest absolute Gasteiger partial charge is 0.242 e. The van der Waals surface area contributed by atoms with Crippen molar-refractivity contribution in [1.29, 1.82) is 0 Å². The Bertz CT molecular complexity index is 858. The molecule has 162 valence electrons. The molecule has 1 saturated heterocycles. The molecule has 0 aliphatic carbocycles. The number of fused-ring (bicyclic) bond motifs is 1. The molecule has 0 radical (unpaired) electrons. The number of hydrogen-bond donors (Lipinski definition) is 1. The average molecular weight is 423 g/mol. The molecule has 1 aliphatic heterocycles. The number of nitrogens with zero attached hydrogens (tertiary/aromatic N) is 4. The number of aromatic hydroxyl groups is 1. The van der Waals surface area contributed by atoms with Gasteiger partial charge in [-0.15, -0.1) is 0 Å². The van der Waals surface area contributed by atoms with Gasteiger partial charge in [0.25, 0.3) is 0 Å². The van der Waals surface area contributed by atoms with Crippen molar-refractivity contribution < 1.29 is 19.3 Å². The lowest BCUT2D eigenvalue weighted by Crippen LogP contribution is -2.54. The zero-order valence-corrected chi connectivity index (χ0v) is 19.9. The van der Waals surface area contributed by atoms with Crippen LogP contribution in [0.3, 0.4) is 0 Å². The molecule has 3 heterocycles. The minimum absolute atomic E-state index is 0.107. The summed E-state index contributed by atoms with van der Waals surface area (Å²) in [5.41, 5.74) is 0.341. The van der Waals surface area contributed by atoms with E-state index in [1.807, 2.05) is 25.3 Å². The van der Waals surface area contributed by atoms with Gasteiger partial charge in [-0.2, -0.15) is 4.98 Å². The summed E-state index contributed by atoms with van der Waals surface area (Å²) >= 11 is 0. The van der Waals surface area contributed by atoms with E-state index in [2.05, 4.69) is 48.8 Å². The van der Waals surface area contributed by atoms with E-state index in [0.29, 0.717) is 17.8 Å². The molecule has 1 N–H and O–H groups in total. The second-order valence-corrected chi connectivity index (χ2v) is 13.1. The van der Waals surface area contributed by atoms with Crippen LogP contribution in [0.5, 0.6) is 5.88 Å². The molecule has 2 aromatic heterocycles. The van der Waals surface area contributed by atoms with Crippen LogP contribution < -0.4 is 0 Å². The van der Waals surface area contributed by atoms with Gasteiger partial charge in [-0.05, 0) is 41.5 Å². The Morgan fingerprint density at radius 1 is 1.17 bits per heavy atom. The minimum Gasteiger partial charge on any atom is -0.492 e. The van der Waals surface area contributed by atoms with Crippen molar-refractivity contribution in [2.75, 3.05) is 6.61 Å². The number of imidazole rings is 1. The van der Waals surface area contributed by atoms with Gasteiger partial charge in [-0.3, -0.25) is 4.57 Å². The molecule has 0 spiro atoms. The fourth-order valence-electron chi connectivity index (χ4n) is 3.88. The van der Waals surface area contributed by atoms with Crippen LogP contribution in [0.2, 0.25) is 13.1 Å². The van der Waals surface area contributed by atoms with Crippen LogP contribution in [0.15, 0.2) is 12.7 Å². The standard InChI is InChI=1S/C20H34N4O4Si/c1-18(2,3)26-10-13-9-14(28-19(4,5)6)20(27-13,29(7)8)24-12-23-15-16(24)21-11-22-17(15)25/h11-14,29H,9-10H2,1-8H3,(H,21,22,25)/t13-,14+,20-/m0/s1. The van der Waals surface area contributed by atoms with Crippen molar-refractivity contribution in [1.82, 2.24) is 19.5 Å². The third-order valence-electron chi connectivity index (χ3n) is 5.01. The maximum absolute atomic E-state index is 10.1. The first-order valence-corrected chi connectivity index (χ1v) is 13.1. The van der Waals surface area contributed by atoms with E-state index in [-0.39, 0.29) is 29.3 Å². The highest BCUT2D eigenvalue weighted by Crippen LogP contribution is 2.43. The van der Waals surface area contributed by atoms with Crippen molar-refractivity contribution in [3.8, 4) is 5.88 Å². The van der Waals surface area contributed by atoms with Crippen LogP contribution >= 0.6 is 0 Å². The highest BCUT2D eigenvalue weighted by Gasteiger charge is 2.55. The Labute approximate surface area is 174 Å². The summed E-state index contributed by atoms with van der Waals surface area (Å²) in [6.07, 6.45) is 3.47. The van der Waals surface area contributed by atoms with Crippen molar-refractivity contribution in [3.05, 3.63) is 12.7 Å². The normalized spacial score (nSPS) is 26.0. The van der Waals surface area contributed by atoms with E-state index in [0.717, 1.165) is 6.42 Å². The molecule has 2 aromatic rings. The topological polar surface area (TPSA) is 91.5 Å².